The number of hydrogen-bond acceptors (Lipinski definition) is 3. The summed E-state index contributed by atoms with van der Waals surface area (Å²) in [6, 6.07) is 8.18. The first-order chi connectivity index (χ1) is 9.76. The Morgan fingerprint density at radius 2 is 2.35 bits per heavy atom. The molecule has 100 valence electrons. The van der Waals surface area contributed by atoms with Gasteiger partial charge in [0.2, 0.25) is 0 Å². The molecule has 0 saturated carbocycles. The van der Waals surface area contributed by atoms with E-state index < -0.39 is 0 Å². The summed E-state index contributed by atoms with van der Waals surface area (Å²) in [5.41, 5.74) is 8.88. The van der Waals surface area contributed by atoms with Crippen molar-refractivity contribution in [2.45, 2.75) is 12.2 Å². The zero-order valence-corrected chi connectivity index (χ0v) is 12.2. The van der Waals surface area contributed by atoms with E-state index >= 15 is 0 Å². The largest absolute Gasteiger partial charge is 0.403 e. The van der Waals surface area contributed by atoms with Crippen LogP contribution in [0, 0.1) is 11.3 Å². The Morgan fingerprint density at radius 1 is 1.50 bits per heavy atom. The van der Waals surface area contributed by atoms with Crippen LogP contribution in [-0.4, -0.2) is 15.8 Å². The van der Waals surface area contributed by atoms with Crippen LogP contribution in [0.25, 0.3) is 10.8 Å². The average molecular weight is 304 g/mol. The number of aromatic nitrogens is 1. The topological polar surface area (TPSA) is 76.8 Å². The van der Waals surface area contributed by atoms with Gasteiger partial charge in [-0.1, -0.05) is 12.1 Å². The van der Waals surface area contributed by atoms with Crippen molar-refractivity contribution in [1.29, 1.82) is 5.26 Å². The van der Waals surface area contributed by atoms with Crippen LogP contribution in [0.2, 0.25) is 0 Å². The Labute approximate surface area is 126 Å². The maximum absolute atomic E-state index is 9.02. The van der Waals surface area contributed by atoms with Gasteiger partial charge in [-0.15, -0.1) is 0 Å². The number of hydrogen-bond donors (Lipinski definition) is 1. The van der Waals surface area contributed by atoms with Crippen molar-refractivity contribution >= 4 is 45.0 Å². The molecule has 0 saturated heterocycles. The van der Waals surface area contributed by atoms with Crippen molar-refractivity contribution < 1.29 is 0 Å². The number of benzene rings is 1. The number of nitriles is 1. The van der Waals surface area contributed by atoms with E-state index in [9.17, 15) is 0 Å². The molecule has 2 aromatic rings. The van der Waals surface area contributed by atoms with E-state index in [0.29, 0.717) is 17.3 Å². The number of amidine groups is 1. The molecular formula is C14H12ClN4S+. The third kappa shape index (κ3) is 3.31. The van der Waals surface area contributed by atoms with E-state index in [2.05, 4.69) is 15.7 Å². The van der Waals surface area contributed by atoms with E-state index in [4.69, 9.17) is 22.6 Å². The van der Waals surface area contributed by atoms with Crippen LogP contribution < -0.4 is 10.4 Å². The number of halogens is 1. The first-order valence-corrected chi connectivity index (χ1v) is 7.28. The Balaban J connectivity index is 2.40. The molecule has 0 fully saturated rings. The van der Waals surface area contributed by atoms with Gasteiger partial charge in [0.15, 0.2) is 0 Å². The highest BCUT2D eigenvalue weighted by Gasteiger charge is 2.10. The minimum atomic E-state index is 0.345. The molecule has 0 unspecified atom stereocenters. The first kappa shape index (κ1) is 14.4. The van der Waals surface area contributed by atoms with E-state index in [1.54, 1.807) is 12.4 Å². The number of fused-ring (bicyclic) bond motifs is 1. The second-order valence-corrected chi connectivity index (χ2v) is 5.18. The van der Waals surface area contributed by atoms with Crippen LogP contribution in [0.3, 0.4) is 0 Å². The number of rotatable bonds is 3. The van der Waals surface area contributed by atoms with Gasteiger partial charge in [0, 0.05) is 23.5 Å². The van der Waals surface area contributed by atoms with Crippen molar-refractivity contribution in [2.24, 2.45) is 5.73 Å². The minimum Gasteiger partial charge on any atom is -0.267 e. The summed E-state index contributed by atoms with van der Waals surface area (Å²) in [6.07, 6.45) is 3.88. The smallest absolute Gasteiger partial charge is 0.267 e. The maximum atomic E-state index is 9.02. The molecule has 1 aromatic heterocycles. The lowest BCUT2D eigenvalue weighted by molar-refractivity contribution is 1.22. The lowest BCUT2D eigenvalue weighted by atomic mass is 9.99. The fourth-order valence-electron chi connectivity index (χ4n) is 1.93. The number of thioether (sulfide) groups is 1. The molecule has 0 aliphatic rings. The predicted molar refractivity (Wildman–Crippen MR) is 85.6 cm³/mol. The van der Waals surface area contributed by atoms with Crippen molar-refractivity contribution in [3.63, 3.8) is 0 Å². The van der Waals surface area contributed by atoms with E-state index in [1.807, 2.05) is 18.2 Å². The Morgan fingerprint density at radius 3 is 3.10 bits per heavy atom. The quantitative estimate of drug-likeness (QED) is 0.535. The molecule has 20 heavy (non-hydrogen) atoms. The summed E-state index contributed by atoms with van der Waals surface area (Å²) in [7, 11) is 0. The van der Waals surface area contributed by atoms with E-state index in [0.717, 1.165) is 27.6 Å². The molecule has 0 amide bonds. The van der Waals surface area contributed by atoms with E-state index in [-0.39, 0.29) is 0 Å². The lowest BCUT2D eigenvalue weighted by Crippen LogP contribution is -2.10. The molecule has 1 aromatic carbocycles. The summed E-state index contributed by atoms with van der Waals surface area (Å²) in [6.45, 7) is 0. The Bertz CT molecular complexity index is 730. The first-order valence-electron chi connectivity index (χ1n) is 5.85. The van der Waals surface area contributed by atoms with Crippen LogP contribution in [0.4, 0.5) is 0 Å². The minimum absolute atomic E-state index is 0.345. The van der Waals surface area contributed by atoms with Crippen molar-refractivity contribution in [3.8, 4) is 6.07 Å². The highest BCUT2D eigenvalue weighted by atomic mass is 35.5. The third-order valence-corrected chi connectivity index (χ3v) is 3.79. The molecule has 2 rings (SSSR count). The lowest BCUT2D eigenvalue weighted by Gasteiger charge is -2.08. The SMILES string of the molecule is N#CCc1c(CSC(N)=[N+]=CCl)ccc2ccncc12. The van der Waals surface area contributed by atoms with Crippen molar-refractivity contribution in [2.75, 3.05) is 0 Å². The Hall–Kier alpha value is -1.99. The molecule has 0 aliphatic carbocycles. The highest BCUT2D eigenvalue weighted by molar-refractivity contribution is 8.13. The molecule has 0 aliphatic heterocycles. The summed E-state index contributed by atoms with van der Waals surface area (Å²) >= 11 is 6.77. The summed E-state index contributed by atoms with van der Waals surface area (Å²) in [5.74, 6) is 0.641. The van der Waals surface area contributed by atoms with Gasteiger partial charge in [-0.05, 0) is 45.9 Å². The van der Waals surface area contributed by atoms with Crippen LogP contribution in [0.1, 0.15) is 11.1 Å². The highest BCUT2D eigenvalue weighted by Crippen LogP contribution is 2.25. The molecule has 0 bridgehead atoms. The van der Waals surface area contributed by atoms with Gasteiger partial charge in [-0.2, -0.15) is 9.93 Å². The average Bonchev–Trinajstić information content (AvgIpc) is 2.47. The van der Waals surface area contributed by atoms with Gasteiger partial charge in [0.25, 0.3) is 5.67 Å². The van der Waals surface area contributed by atoms with Crippen LogP contribution >= 0.6 is 23.4 Å². The van der Waals surface area contributed by atoms with Gasteiger partial charge in [0.05, 0.1) is 12.5 Å². The molecular weight excluding hydrogens is 292 g/mol. The zero-order valence-electron chi connectivity index (χ0n) is 10.6. The van der Waals surface area contributed by atoms with Crippen LogP contribution in [0.5, 0.6) is 0 Å². The summed E-state index contributed by atoms with van der Waals surface area (Å²) in [4.78, 5) is 4.13. The second kappa shape index (κ2) is 6.97. The monoisotopic (exact) mass is 303 g/mol. The molecule has 2 N–H and O–H groups in total. The molecule has 0 spiro atoms. The molecule has 4 nitrogen and oxygen atoms in total. The Kier molecular flexibility index (Phi) is 5.03. The zero-order chi connectivity index (χ0) is 14.4. The maximum Gasteiger partial charge on any atom is 0.403 e. The fourth-order valence-corrected chi connectivity index (χ4v) is 2.79. The summed E-state index contributed by atoms with van der Waals surface area (Å²) in [5, 5.41) is 11.5. The van der Waals surface area contributed by atoms with Gasteiger partial charge >= 0.3 is 5.17 Å². The van der Waals surface area contributed by atoms with Gasteiger partial charge in [-0.25, -0.2) is 0 Å². The molecule has 6 heteroatoms. The van der Waals surface area contributed by atoms with Crippen LogP contribution in [-0.2, 0) is 12.2 Å². The molecule has 1 heterocycles. The number of nitrogens with zero attached hydrogens (tertiary/aromatic N) is 3. The van der Waals surface area contributed by atoms with Gasteiger partial charge in [0.1, 0.15) is 0 Å². The number of nitrogens with two attached hydrogens (primary N) is 1. The van der Waals surface area contributed by atoms with Crippen molar-refractivity contribution in [1.82, 2.24) is 9.65 Å². The second-order valence-electron chi connectivity index (χ2n) is 3.99. The molecule has 0 radical (unpaired) electrons. The van der Waals surface area contributed by atoms with Crippen LogP contribution in [0.15, 0.2) is 30.6 Å². The summed E-state index contributed by atoms with van der Waals surface area (Å²) < 4.78 is 3.80. The molecule has 0 atom stereocenters. The number of pyridine rings is 1. The van der Waals surface area contributed by atoms with Gasteiger partial charge < -0.3 is 0 Å². The third-order valence-electron chi connectivity index (χ3n) is 2.84. The standard InChI is InChI=1S/C14H11ClN4S/c15-9-19-14(17)20-8-11-2-1-10-4-6-18-7-13(10)12(11)3-5-16/h1-2,4,6-7,9,17H,3,8H2/p+1. The predicted octanol–water partition coefficient (Wildman–Crippen LogP) is 2.18. The van der Waals surface area contributed by atoms with Crippen molar-refractivity contribution in [3.05, 3.63) is 41.7 Å². The normalized spacial score (nSPS) is 9.80. The van der Waals surface area contributed by atoms with E-state index in [1.165, 1.54) is 11.8 Å². The fraction of sp³-hybridized carbons (Fsp3) is 0.143. The van der Waals surface area contributed by atoms with Gasteiger partial charge in [-0.3, -0.25) is 10.7 Å².